The zero-order chi connectivity index (χ0) is 19.2. The first-order valence-corrected chi connectivity index (χ1v) is 9.60. The number of amides is 1. The molecule has 0 unspecified atom stereocenters. The lowest BCUT2D eigenvalue weighted by Gasteiger charge is -2.36. The van der Waals surface area contributed by atoms with Gasteiger partial charge in [-0.25, -0.2) is 0 Å². The van der Waals surface area contributed by atoms with Gasteiger partial charge in [0.25, 0.3) is 0 Å². The Hall–Kier alpha value is -2.24. The Morgan fingerprint density at radius 2 is 1.78 bits per heavy atom. The summed E-state index contributed by atoms with van der Waals surface area (Å²) in [5, 5.41) is 3.72. The molecule has 2 aromatic rings. The Morgan fingerprint density at radius 1 is 1.11 bits per heavy atom. The number of benzene rings is 2. The summed E-state index contributed by atoms with van der Waals surface area (Å²) in [7, 11) is 1.69. The van der Waals surface area contributed by atoms with Crippen molar-refractivity contribution in [2.75, 3.05) is 44.7 Å². The fourth-order valence-electron chi connectivity index (χ4n) is 3.43. The summed E-state index contributed by atoms with van der Waals surface area (Å²) in [6, 6.07) is 15.5. The molecule has 0 aromatic heterocycles. The van der Waals surface area contributed by atoms with Crippen LogP contribution in [0.25, 0.3) is 0 Å². The summed E-state index contributed by atoms with van der Waals surface area (Å²) in [6.07, 6.45) is 0. The van der Waals surface area contributed by atoms with Gasteiger partial charge in [-0.3, -0.25) is 9.69 Å². The molecule has 0 aliphatic carbocycles. The van der Waals surface area contributed by atoms with Gasteiger partial charge in [-0.05, 0) is 30.7 Å². The lowest BCUT2D eigenvalue weighted by atomic mass is 10.1. The number of nitrogens with zero attached hydrogens (tertiary/aromatic N) is 2. The minimum absolute atomic E-state index is 0.0214. The van der Waals surface area contributed by atoms with E-state index in [4.69, 9.17) is 16.3 Å². The van der Waals surface area contributed by atoms with Crippen molar-refractivity contribution in [2.45, 2.75) is 13.0 Å². The van der Waals surface area contributed by atoms with Gasteiger partial charge in [0, 0.05) is 31.2 Å². The maximum Gasteiger partial charge on any atom is 0.234 e. The van der Waals surface area contributed by atoms with Gasteiger partial charge >= 0.3 is 0 Å². The van der Waals surface area contributed by atoms with Crippen LogP contribution < -0.4 is 15.0 Å². The Bertz CT molecular complexity index is 776. The van der Waals surface area contributed by atoms with Crippen LogP contribution in [0, 0.1) is 0 Å². The summed E-state index contributed by atoms with van der Waals surface area (Å²) >= 11 is 6.22. The number of hydrogen-bond donors (Lipinski definition) is 1. The summed E-state index contributed by atoms with van der Waals surface area (Å²) in [6.45, 7) is 5.77. The SMILES string of the molecule is COc1ccccc1N1CCN(CC(=O)N[C@@H](C)c2ccccc2Cl)CC1. The highest BCUT2D eigenvalue weighted by Gasteiger charge is 2.22. The molecule has 0 spiro atoms. The lowest BCUT2D eigenvalue weighted by Crippen LogP contribution is -2.49. The van der Waals surface area contributed by atoms with E-state index in [9.17, 15) is 4.79 Å². The van der Waals surface area contributed by atoms with Crippen molar-refractivity contribution >= 4 is 23.2 Å². The van der Waals surface area contributed by atoms with E-state index in [1.807, 2.05) is 49.4 Å². The first-order chi connectivity index (χ1) is 13.1. The average molecular weight is 388 g/mol. The molecule has 1 N–H and O–H groups in total. The van der Waals surface area contributed by atoms with Gasteiger partial charge in [0.15, 0.2) is 0 Å². The number of anilines is 1. The highest BCUT2D eigenvalue weighted by molar-refractivity contribution is 6.31. The maximum absolute atomic E-state index is 12.4. The van der Waals surface area contributed by atoms with Crippen molar-refractivity contribution in [3.8, 4) is 5.75 Å². The first-order valence-electron chi connectivity index (χ1n) is 9.22. The fourth-order valence-corrected chi connectivity index (χ4v) is 3.73. The molecule has 1 heterocycles. The van der Waals surface area contributed by atoms with Crippen LogP contribution in [0.4, 0.5) is 5.69 Å². The van der Waals surface area contributed by atoms with E-state index in [-0.39, 0.29) is 11.9 Å². The largest absolute Gasteiger partial charge is 0.495 e. The zero-order valence-corrected chi connectivity index (χ0v) is 16.6. The number of piperazine rings is 1. The van der Waals surface area contributed by atoms with Crippen LogP contribution in [-0.2, 0) is 4.79 Å². The number of para-hydroxylation sites is 2. The van der Waals surface area contributed by atoms with Crippen molar-refractivity contribution in [2.24, 2.45) is 0 Å². The molecule has 1 fully saturated rings. The Balaban J connectivity index is 1.50. The summed E-state index contributed by atoms with van der Waals surface area (Å²) in [5.41, 5.74) is 2.05. The molecule has 144 valence electrons. The molecule has 1 aliphatic heterocycles. The zero-order valence-electron chi connectivity index (χ0n) is 15.8. The second-order valence-corrected chi connectivity index (χ2v) is 7.15. The van der Waals surface area contributed by atoms with Gasteiger partial charge in [0.05, 0.1) is 25.4 Å². The Morgan fingerprint density at radius 3 is 2.48 bits per heavy atom. The summed E-state index contributed by atoms with van der Waals surface area (Å²) in [4.78, 5) is 16.9. The minimum Gasteiger partial charge on any atom is -0.495 e. The quantitative estimate of drug-likeness (QED) is 0.825. The van der Waals surface area contributed by atoms with Gasteiger partial charge in [0.1, 0.15) is 5.75 Å². The van der Waals surface area contributed by atoms with Crippen LogP contribution in [0.5, 0.6) is 5.75 Å². The monoisotopic (exact) mass is 387 g/mol. The van der Waals surface area contributed by atoms with Crippen LogP contribution in [-0.4, -0.2) is 50.6 Å². The van der Waals surface area contributed by atoms with Crippen molar-refractivity contribution < 1.29 is 9.53 Å². The average Bonchev–Trinajstić information content (AvgIpc) is 2.68. The first kappa shape index (κ1) is 19.5. The van der Waals surface area contributed by atoms with Crippen LogP contribution in [0.3, 0.4) is 0 Å². The molecule has 1 atom stereocenters. The van der Waals surface area contributed by atoms with E-state index in [1.54, 1.807) is 7.11 Å². The van der Waals surface area contributed by atoms with E-state index in [0.29, 0.717) is 11.6 Å². The molecule has 1 aliphatic rings. The van der Waals surface area contributed by atoms with E-state index in [0.717, 1.165) is 43.2 Å². The van der Waals surface area contributed by atoms with E-state index in [1.165, 1.54) is 0 Å². The number of ether oxygens (including phenoxy) is 1. The fraction of sp³-hybridized carbons (Fsp3) is 0.381. The van der Waals surface area contributed by atoms with Crippen LogP contribution >= 0.6 is 11.6 Å². The molecule has 3 rings (SSSR count). The molecule has 1 amide bonds. The smallest absolute Gasteiger partial charge is 0.234 e. The highest BCUT2D eigenvalue weighted by Crippen LogP contribution is 2.28. The molecular weight excluding hydrogens is 362 g/mol. The van der Waals surface area contributed by atoms with Gasteiger partial charge in [-0.2, -0.15) is 0 Å². The number of methoxy groups -OCH3 is 1. The standard InChI is InChI=1S/C21H26ClN3O2/c1-16(17-7-3-4-8-18(17)22)23-21(26)15-24-11-13-25(14-12-24)19-9-5-6-10-20(19)27-2/h3-10,16H,11-15H2,1-2H3,(H,23,26)/t16-/m0/s1. The van der Waals surface area contributed by atoms with Gasteiger partial charge in [-0.1, -0.05) is 41.9 Å². The number of hydrogen-bond acceptors (Lipinski definition) is 4. The van der Waals surface area contributed by atoms with Crippen LogP contribution in [0.15, 0.2) is 48.5 Å². The van der Waals surface area contributed by atoms with Gasteiger partial charge in [0.2, 0.25) is 5.91 Å². The van der Waals surface area contributed by atoms with Crippen molar-refractivity contribution in [1.82, 2.24) is 10.2 Å². The molecule has 1 saturated heterocycles. The second kappa shape index (κ2) is 9.11. The van der Waals surface area contributed by atoms with E-state index < -0.39 is 0 Å². The van der Waals surface area contributed by atoms with E-state index in [2.05, 4.69) is 21.2 Å². The molecule has 5 nitrogen and oxygen atoms in total. The third kappa shape index (κ3) is 4.93. The molecule has 6 heteroatoms. The van der Waals surface area contributed by atoms with E-state index >= 15 is 0 Å². The maximum atomic E-state index is 12.4. The van der Waals surface area contributed by atoms with Crippen LogP contribution in [0.1, 0.15) is 18.5 Å². The predicted octanol–water partition coefficient (Wildman–Crippen LogP) is 3.35. The number of rotatable bonds is 6. The topological polar surface area (TPSA) is 44.8 Å². The third-order valence-corrected chi connectivity index (χ3v) is 5.26. The summed E-state index contributed by atoms with van der Waals surface area (Å²) < 4.78 is 5.46. The Kier molecular flexibility index (Phi) is 6.58. The minimum atomic E-state index is -0.110. The molecule has 0 radical (unpaired) electrons. The number of carbonyl (C=O) groups excluding carboxylic acids is 1. The van der Waals surface area contributed by atoms with Crippen molar-refractivity contribution in [3.05, 3.63) is 59.1 Å². The molecule has 2 aromatic carbocycles. The van der Waals surface area contributed by atoms with Crippen molar-refractivity contribution in [1.29, 1.82) is 0 Å². The number of carbonyl (C=O) groups is 1. The number of nitrogens with one attached hydrogen (secondary N) is 1. The van der Waals surface area contributed by atoms with Crippen LogP contribution in [0.2, 0.25) is 5.02 Å². The van der Waals surface area contributed by atoms with Gasteiger partial charge < -0.3 is 15.0 Å². The third-order valence-electron chi connectivity index (χ3n) is 4.91. The normalized spacial score (nSPS) is 16.0. The Labute approximate surface area is 165 Å². The molecular formula is C21H26ClN3O2. The summed E-state index contributed by atoms with van der Waals surface area (Å²) in [5.74, 6) is 0.908. The lowest BCUT2D eigenvalue weighted by molar-refractivity contribution is -0.123. The second-order valence-electron chi connectivity index (χ2n) is 6.75. The molecule has 27 heavy (non-hydrogen) atoms. The van der Waals surface area contributed by atoms with Gasteiger partial charge in [-0.15, -0.1) is 0 Å². The molecule has 0 saturated carbocycles. The highest BCUT2D eigenvalue weighted by atomic mass is 35.5. The molecule has 0 bridgehead atoms. The number of halogens is 1. The van der Waals surface area contributed by atoms with Crippen molar-refractivity contribution in [3.63, 3.8) is 0 Å². The predicted molar refractivity (Wildman–Crippen MR) is 110 cm³/mol.